The van der Waals surface area contributed by atoms with E-state index >= 15 is 0 Å². The van der Waals surface area contributed by atoms with E-state index in [9.17, 15) is 9.59 Å². The third-order valence-corrected chi connectivity index (χ3v) is 6.71. The van der Waals surface area contributed by atoms with E-state index < -0.39 is 0 Å². The van der Waals surface area contributed by atoms with Gasteiger partial charge in [0.25, 0.3) is 0 Å². The van der Waals surface area contributed by atoms with Crippen molar-refractivity contribution in [3.8, 4) is 0 Å². The van der Waals surface area contributed by atoms with Gasteiger partial charge < -0.3 is 20.9 Å². The fourth-order valence-electron chi connectivity index (χ4n) is 4.75. The predicted octanol–water partition coefficient (Wildman–Crippen LogP) is 1.88. The van der Waals surface area contributed by atoms with Crippen LogP contribution >= 0.6 is 0 Å². The number of amides is 2. The zero-order valence-electron chi connectivity index (χ0n) is 19.6. The van der Waals surface area contributed by atoms with Gasteiger partial charge in [-0.05, 0) is 36.1 Å². The summed E-state index contributed by atoms with van der Waals surface area (Å²) in [6.07, 6.45) is 2.02. The van der Waals surface area contributed by atoms with Crippen molar-refractivity contribution in [2.75, 3.05) is 32.1 Å². The lowest BCUT2D eigenvalue weighted by molar-refractivity contribution is -0.129. The van der Waals surface area contributed by atoms with Crippen LogP contribution in [0.25, 0.3) is 0 Å². The third-order valence-electron chi connectivity index (χ3n) is 6.71. The number of hydrogen-bond acceptors (Lipinski definition) is 5. The Labute approximate surface area is 196 Å². The quantitative estimate of drug-likeness (QED) is 0.545. The van der Waals surface area contributed by atoms with Crippen molar-refractivity contribution in [3.63, 3.8) is 0 Å². The van der Waals surface area contributed by atoms with Gasteiger partial charge in [-0.15, -0.1) is 0 Å². The largest absolute Gasteiger partial charge is 0.378 e. The molecule has 2 fully saturated rings. The highest BCUT2D eigenvalue weighted by Gasteiger charge is 2.43. The summed E-state index contributed by atoms with van der Waals surface area (Å²) in [7, 11) is 4.08. The van der Waals surface area contributed by atoms with E-state index in [1.54, 1.807) is 0 Å². The molecule has 0 aliphatic carbocycles. The van der Waals surface area contributed by atoms with Crippen molar-refractivity contribution < 1.29 is 9.59 Å². The Morgan fingerprint density at radius 2 is 1.79 bits per heavy atom. The molecule has 7 heteroatoms. The van der Waals surface area contributed by atoms with E-state index in [0.29, 0.717) is 19.5 Å². The van der Waals surface area contributed by atoms with E-state index in [1.165, 1.54) is 11.3 Å². The Kier molecular flexibility index (Phi) is 7.62. The second kappa shape index (κ2) is 10.8. The van der Waals surface area contributed by atoms with Crippen molar-refractivity contribution in [2.45, 2.75) is 50.5 Å². The molecule has 2 aromatic rings. The first-order valence-corrected chi connectivity index (χ1v) is 11.8. The first-order valence-electron chi connectivity index (χ1n) is 11.8. The van der Waals surface area contributed by atoms with Crippen LogP contribution in [0.1, 0.15) is 30.4 Å². The number of benzene rings is 2. The molecule has 0 aromatic heterocycles. The monoisotopic (exact) mass is 449 g/mol. The molecule has 3 atom stereocenters. The molecule has 0 saturated carbocycles. The van der Waals surface area contributed by atoms with Gasteiger partial charge in [0.2, 0.25) is 11.8 Å². The van der Waals surface area contributed by atoms with Gasteiger partial charge in [0.05, 0.1) is 6.04 Å². The van der Waals surface area contributed by atoms with Gasteiger partial charge >= 0.3 is 0 Å². The van der Waals surface area contributed by atoms with Crippen molar-refractivity contribution in [1.29, 1.82) is 0 Å². The minimum Gasteiger partial charge on any atom is -0.378 e. The molecular weight excluding hydrogens is 414 g/mol. The van der Waals surface area contributed by atoms with Gasteiger partial charge in [0, 0.05) is 64.5 Å². The fraction of sp³-hybridized carbons (Fsp3) is 0.462. The highest BCUT2D eigenvalue weighted by molar-refractivity contribution is 5.83. The number of nitrogens with one attached hydrogen (secondary N) is 3. The van der Waals surface area contributed by atoms with Gasteiger partial charge in [-0.1, -0.05) is 42.5 Å². The highest BCUT2D eigenvalue weighted by atomic mass is 16.2. The number of hydrogen-bond donors (Lipinski definition) is 3. The molecule has 0 radical (unpaired) electrons. The normalized spacial score (nSPS) is 22.5. The molecule has 0 bridgehead atoms. The van der Waals surface area contributed by atoms with Crippen LogP contribution in [-0.2, 0) is 22.7 Å². The van der Waals surface area contributed by atoms with Crippen LogP contribution in [0.15, 0.2) is 54.6 Å². The molecule has 2 heterocycles. The minimum absolute atomic E-state index is 0.0577. The van der Waals surface area contributed by atoms with Crippen LogP contribution < -0.4 is 20.9 Å². The van der Waals surface area contributed by atoms with E-state index in [0.717, 1.165) is 31.5 Å². The maximum atomic E-state index is 12.5. The Morgan fingerprint density at radius 3 is 2.52 bits per heavy atom. The number of fused-ring (bicyclic) bond motifs is 1. The molecule has 2 saturated heterocycles. The molecule has 2 aliphatic heterocycles. The molecule has 0 spiro atoms. The van der Waals surface area contributed by atoms with Gasteiger partial charge in [0.15, 0.2) is 0 Å². The fourth-order valence-corrected chi connectivity index (χ4v) is 4.75. The smallest absolute Gasteiger partial charge is 0.237 e. The van der Waals surface area contributed by atoms with Crippen LogP contribution in [-0.4, -0.2) is 62.0 Å². The minimum atomic E-state index is -0.107. The summed E-state index contributed by atoms with van der Waals surface area (Å²) < 4.78 is 0. The SMILES string of the molecule is CN(C)c1ccc(CN[C@H]2C[C@H]3C(=O)NC[C@@H](CCC(=O)NCc4ccccc4)N3C2)cc1. The van der Waals surface area contributed by atoms with E-state index in [-0.39, 0.29) is 29.9 Å². The molecule has 4 rings (SSSR count). The first-order chi connectivity index (χ1) is 16.0. The lowest BCUT2D eigenvalue weighted by Crippen LogP contribution is -2.58. The maximum absolute atomic E-state index is 12.5. The molecular formula is C26H35N5O2. The molecule has 2 amide bonds. The van der Waals surface area contributed by atoms with Crippen molar-refractivity contribution in [2.24, 2.45) is 0 Å². The third kappa shape index (κ3) is 6.12. The molecule has 2 aliphatic rings. The zero-order valence-corrected chi connectivity index (χ0v) is 19.6. The number of piperazine rings is 1. The standard InChI is InChI=1S/C26H35N5O2/c1-30(2)22-10-8-20(9-11-22)15-27-21-14-24-26(33)29-17-23(31(24)18-21)12-13-25(32)28-16-19-6-4-3-5-7-19/h3-11,21,23-24,27H,12-18H2,1-2H3,(H,28,32)(H,29,33)/t21-,23+,24-/m0/s1. The second-order valence-electron chi connectivity index (χ2n) is 9.29. The molecule has 3 N–H and O–H groups in total. The summed E-state index contributed by atoms with van der Waals surface area (Å²) in [6, 6.07) is 18.8. The zero-order chi connectivity index (χ0) is 23.2. The van der Waals surface area contributed by atoms with Crippen LogP contribution in [0, 0.1) is 0 Å². The summed E-state index contributed by atoms with van der Waals surface area (Å²) in [5.41, 5.74) is 3.52. The topological polar surface area (TPSA) is 76.7 Å². The number of nitrogens with zero attached hydrogens (tertiary/aromatic N) is 2. The van der Waals surface area contributed by atoms with Gasteiger partial charge in [-0.25, -0.2) is 0 Å². The first kappa shape index (κ1) is 23.3. The summed E-state index contributed by atoms with van der Waals surface area (Å²) >= 11 is 0. The lowest BCUT2D eigenvalue weighted by atomic mass is 10.0. The number of carbonyl (C=O) groups is 2. The number of rotatable bonds is 9. The number of anilines is 1. The summed E-state index contributed by atoms with van der Waals surface area (Å²) in [6.45, 7) is 2.78. The average molecular weight is 450 g/mol. The van der Waals surface area contributed by atoms with E-state index in [4.69, 9.17) is 0 Å². The summed E-state index contributed by atoms with van der Waals surface area (Å²) in [4.78, 5) is 29.2. The van der Waals surface area contributed by atoms with Crippen LogP contribution in [0.3, 0.4) is 0 Å². The Balaban J connectivity index is 1.25. The summed E-state index contributed by atoms with van der Waals surface area (Å²) in [5.74, 6) is 0.168. The lowest BCUT2D eigenvalue weighted by Gasteiger charge is -2.37. The predicted molar refractivity (Wildman–Crippen MR) is 131 cm³/mol. The Morgan fingerprint density at radius 1 is 1.06 bits per heavy atom. The van der Waals surface area contributed by atoms with Crippen molar-refractivity contribution in [3.05, 3.63) is 65.7 Å². The average Bonchev–Trinajstić information content (AvgIpc) is 3.27. The van der Waals surface area contributed by atoms with Crippen LogP contribution in [0.4, 0.5) is 5.69 Å². The highest BCUT2D eigenvalue weighted by Crippen LogP contribution is 2.26. The van der Waals surface area contributed by atoms with Gasteiger partial charge in [0.1, 0.15) is 0 Å². The molecule has 176 valence electrons. The van der Waals surface area contributed by atoms with Crippen LogP contribution in [0.2, 0.25) is 0 Å². The van der Waals surface area contributed by atoms with Crippen molar-refractivity contribution >= 4 is 17.5 Å². The Bertz CT molecular complexity index is 931. The maximum Gasteiger partial charge on any atom is 0.237 e. The number of carbonyl (C=O) groups excluding carboxylic acids is 2. The summed E-state index contributed by atoms with van der Waals surface area (Å²) in [5, 5.41) is 9.69. The van der Waals surface area contributed by atoms with Gasteiger partial charge in [-0.3, -0.25) is 14.5 Å². The molecule has 33 heavy (non-hydrogen) atoms. The van der Waals surface area contributed by atoms with Crippen molar-refractivity contribution in [1.82, 2.24) is 20.9 Å². The van der Waals surface area contributed by atoms with E-state index in [1.807, 2.05) is 44.4 Å². The van der Waals surface area contributed by atoms with E-state index in [2.05, 4.69) is 50.0 Å². The second-order valence-corrected chi connectivity index (χ2v) is 9.29. The van der Waals surface area contributed by atoms with Crippen LogP contribution in [0.5, 0.6) is 0 Å². The Hall–Kier alpha value is -2.90. The molecule has 2 aromatic carbocycles. The molecule has 0 unspecified atom stereocenters. The van der Waals surface area contributed by atoms with Gasteiger partial charge in [-0.2, -0.15) is 0 Å². The molecule has 7 nitrogen and oxygen atoms in total.